The van der Waals surface area contributed by atoms with E-state index in [4.69, 9.17) is 11.6 Å². The zero-order valence-corrected chi connectivity index (χ0v) is 12.9. The Morgan fingerprint density at radius 1 is 1.38 bits per heavy atom. The van der Waals surface area contributed by atoms with E-state index in [0.29, 0.717) is 10.7 Å². The van der Waals surface area contributed by atoms with Gasteiger partial charge in [-0.25, -0.2) is 0 Å². The third kappa shape index (κ3) is 4.51. The van der Waals surface area contributed by atoms with Gasteiger partial charge in [-0.15, -0.1) is 0 Å². The van der Waals surface area contributed by atoms with Gasteiger partial charge in [-0.3, -0.25) is 0 Å². The second-order valence-electron chi connectivity index (χ2n) is 5.46. The van der Waals surface area contributed by atoms with Crippen molar-refractivity contribution in [2.75, 3.05) is 18.0 Å². The van der Waals surface area contributed by atoms with Gasteiger partial charge in [-0.2, -0.15) is 13.2 Å². The molecule has 6 heteroatoms. The molecule has 0 spiro atoms. The van der Waals surface area contributed by atoms with E-state index >= 15 is 0 Å². The quantitative estimate of drug-likeness (QED) is 0.827. The first kappa shape index (κ1) is 16.4. The highest BCUT2D eigenvalue weighted by molar-refractivity contribution is 6.33. The van der Waals surface area contributed by atoms with E-state index in [1.54, 1.807) is 12.1 Å². The van der Waals surface area contributed by atoms with Crippen LogP contribution in [0.25, 0.3) is 0 Å². The van der Waals surface area contributed by atoms with Gasteiger partial charge in [0.1, 0.15) is 6.54 Å². The van der Waals surface area contributed by atoms with Gasteiger partial charge >= 0.3 is 6.18 Å². The van der Waals surface area contributed by atoms with Gasteiger partial charge in [0.2, 0.25) is 0 Å². The maximum absolute atomic E-state index is 12.7. The van der Waals surface area contributed by atoms with Crippen LogP contribution < -0.4 is 10.2 Å². The second-order valence-corrected chi connectivity index (χ2v) is 5.87. The van der Waals surface area contributed by atoms with Crippen molar-refractivity contribution in [1.29, 1.82) is 0 Å². The molecule has 0 bridgehead atoms. The van der Waals surface area contributed by atoms with Gasteiger partial charge in [0.25, 0.3) is 0 Å². The number of alkyl halides is 3. The minimum Gasteiger partial charge on any atom is -0.358 e. The Hall–Kier alpha value is -0.940. The Balaban J connectivity index is 2.21. The van der Waals surface area contributed by atoms with Gasteiger partial charge < -0.3 is 10.2 Å². The largest absolute Gasteiger partial charge is 0.405 e. The third-order valence-electron chi connectivity index (χ3n) is 3.63. The van der Waals surface area contributed by atoms with Crippen LogP contribution in [0.1, 0.15) is 38.3 Å². The summed E-state index contributed by atoms with van der Waals surface area (Å²) >= 11 is 6.23. The van der Waals surface area contributed by atoms with Crippen molar-refractivity contribution in [2.24, 2.45) is 0 Å². The lowest BCUT2D eigenvalue weighted by Crippen LogP contribution is -2.36. The molecule has 0 amide bonds. The first-order chi connectivity index (χ1) is 9.81. The van der Waals surface area contributed by atoms with E-state index < -0.39 is 12.7 Å². The minimum absolute atomic E-state index is 0.0406. The van der Waals surface area contributed by atoms with Crippen molar-refractivity contribution >= 4 is 17.3 Å². The molecule has 118 valence electrons. The number of benzene rings is 1. The summed E-state index contributed by atoms with van der Waals surface area (Å²) in [6, 6.07) is 5.39. The normalized spacial score (nSPS) is 16.9. The number of hydrogen-bond acceptors (Lipinski definition) is 2. The van der Waals surface area contributed by atoms with E-state index in [1.165, 1.54) is 4.90 Å². The molecular weight excluding hydrogens is 301 g/mol. The Morgan fingerprint density at radius 3 is 2.52 bits per heavy atom. The molecule has 1 saturated carbocycles. The summed E-state index contributed by atoms with van der Waals surface area (Å²) in [4.78, 5) is 1.38. The number of halogens is 4. The van der Waals surface area contributed by atoms with Crippen LogP contribution in [0.5, 0.6) is 0 Å². The number of nitrogens with one attached hydrogen (secondary N) is 1. The van der Waals surface area contributed by atoms with Crippen molar-refractivity contribution < 1.29 is 13.2 Å². The number of anilines is 1. The van der Waals surface area contributed by atoms with Crippen molar-refractivity contribution in [3.63, 3.8) is 0 Å². The fourth-order valence-electron chi connectivity index (χ4n) is 2.44. The lowest BCUT2D eigenvalue weighted by molar-refractivity contribution is -0.120. The maximum Gasteiger partial charge on any atom is 0.405 e. The van der Waals surface area contributed by atoms with Gasteiger partial charge in [-0.1, -0.05) is 24.6 Å². The Labute approximate surface area is 128 Å². The van der Waals surface area contributed by atoms with E-state index in [-0.39, 0.29) is 12.1 Å². The van der Waals surface area contributed by atoms with E-state index in [0.717, 1.165) is 24.9 Å². The van der Waals surface area contributed by atoms with E-state index in [1.807, 2.05) is 19.9 Å². The molecule has 1 fully saturated rings. The zero-order chi connectivity index (χ0) is 15.6. The van der Waals surface area contributed by atoms with Crippen molar-refractivity contribution in [3.05, 3.63) is 28.8 Å². The Kier molecular flexibility index (Phi) is 5.04. The molecule has 2 rings (SSSR count). The molecule has 1 aromatic carbocycles. The number of nitrogens with zero attached hydrogens (tertiary/aromatic N) is 1. The van der Waals surface area contributed by atoms with Gasteiger partial charge in [0.15, 0.2) is 0 Å². The fourth-order valence-corrected chi connectivity index (χ4v) is 2.74. The summed E-state index contributed by atoms with van der Waals surface area (Å²) in [5.74, 6) is 0. The molecule has 0 heterocycles. The van der Waals surface area contributed by atoms with Crippen LogP contribution in [0.4, 0.5) is 18.9 Å². The molecule has 0 aliphatic heterocycles. The molecule has 1 N–H and O–H groups in total. The standard InChI is InChI=1S/C15H20ClF3N2/c1-3-20-10(2)11-4-7-14(13(16)8-11)21(12-5-6-12)9-15(17,18)19/h4,7-8,10,12,20H,3,5-6,9H2,1-2H3. The highest BCUT2D eigenvalue weighted by atomic mass is 35.5. The predicted molar refractivity (Wildman–Crippen MR) is 80.0 cm³/mol. The van der Waals surface area contributed by atoms with Crippen LogP contribution in [0, 0.1) is 0 Å². The van der Waals surface area contributed by atoms with Crippen molar-refractivity contribution in [2.45, 2.75) is 44.9 Å². The van der Waals surface area contributed by atoms with Crippen LogP contribution in [0.15, 0.2) is 18.2 Å². The summed E-state index contributed by atoms with van der Waals surface area (Å²) in [6.45, 7) is 3.89. The molecule has 0 radical (unpaired) electrons. The highest BCUT2D eigenvalue weighted by Crippen LogP contribution is 2.38. The minimum atomic E-state index is -4.22. The molecule has 2 nitrogen and oxygen atoms in total. The third-order valence-corrected chi connectivity index (χ3v) is 3.93. The van der Waals surface area contributed by atoms with E-state index in [9.17, 15) is 13.2 Å². The van der Waals surface area contributed by atoms with Gasteiger partial charge in [-0.05, 0) is 44.0 Å². The fraction of sp³-hybridized carbons (Fsp3) is 0.600. The lowest BCUT2D eigenvalue weighted by atomic mass is 10.1. The Bertz CT molecular complexity index is 486. The molecule has 1 unspecified atom stereocenters. The van der Waals surface area contributed by atoms with Gasteiger partial charge in [0, 0.05) is 12.1 Å². The molecule has 0 saturated heterocycles. The molecule has 0 aromatic heterocycles. The average molecular weight is 321 g/mol. The van der Waals surface area contributed by atoms with Crippen LogP contribution in [0.3, 0.4) is 0 Å². The predicted octanol–water partition coefficient (Wildman–Crippen LogP) is 4.54. The monoisotopic (exact) mass is 320 g/mol. The summed E-state index contributed by atoms with van der Waals surface area (Å²) in [5, 5.41) is 3.64. The molecule has 1 aromatic rings. The number of hydrogen-bond donors (Lipinski definition) is 1. The van der Waals surface area contributed by atoms with E-state index in [2.05, 4.69) is 5.32 Å². The van der Waals surface area contributed by atoms with Crippen LogP contribution in [0.2, 0.25) is 5.02 Å². The van der Waals surface area contributed by atoms with Crippen LogP contribution in [-0.2, 0) is 0 Å². The van der Waals surface area contributed by atoms with Crippen LogP contribution in [-0.4, -0.2) is 25.3 Å². The first-order valence-electron chi connectivity index (χ1n) is 7.18. The van der Waals surface area contributed by atoms with Crippen molar-refractivity contribution in [1.82, 2.24) is 5.32 Å². The second kappa shape index (κ2) is 6.44. The Morgan fingerprint density at radius 2 is 2.05 bits per heavy atom. The first-order valence-corrected chi connectivity index (χ1v) is 7.56. The average Bonchev–Trinajstić information content (AvgIpc) is 3.19. The summed E-state index contributed by atoms with van der Waals surface area (Å²) < 4.78 is 38.2. The topological polar surface area (TPSA) is 15.3 Å². The van der Waals surface area contributed by atoms with Crippen LogP contribution >= 0.6 is 11.6 Å². The lowest BCUT2D eigenvalue weighted by Gasteiger charge is -2.27. The smallest absolute Gasteiger partial charge is 0.358 e. The summed E-state index contributed by atoms with van der Waals surface area (Å²) in [7, 11) is 0. The number of rotatable bonds is 6. The molecule has 1 aliphatic rings. The molecule has 21 heavy (non-hydrogen) atoms. The molecular formula is C15H20ClF3N2. The molecule has 1 atom stereocenters. The summed E-state index contributed by atoms with van der Waals surface area (Å²) in [5.41, 5.74) is 1.46. The summed E-state index contributed by atoms with van der Waals surface area (Å²) in [6.07, 6.45) is -2.63. The zero-order valence-electron chi connectivity index (χ0n) is 12.2. The maximum atomic E-state index is 12.7. The van der Waals surface area contributed by atoms with Gasteiger partial charge in [0.05, 0.1) is 10.7 Å². The van der Waals surface area contributed by atoms with Crippen molar-refractivity contribution in [3.8, 4) is 0 Å². The highest BCUT2D eigenvalue weighted by Gasteiger charge is 2.38. The molecule has 1 aliphatic carbocycles. The SMILES string of the molecule is CCNC(C)c1ccc(N(CC(F)(F)F)C2CC2)c(Cl)c1.